The number of nitrogens with one attached hydrogen (secondary N) is 2. The van der Waals surface area contributed by atoms with Gasteiger partial charge in [0.05, 0.1) is 0 Å². The van der Waals surface area contributed by atoms with Crippen molar-refractivity contribution in [3.8, 4) is 0 Å². The third-order valence-corrected chi connectivity index (χ3v) is 3.58. The molecule has 4 heteroatoms. The fourth-order valence-corrected chi connectivity index (χ4v) is 2.40. The summed E-state index contributed by atoms with van der Waals surface area (Å²) >= 11 is 0. The zero-order valence-corrected chi connectivity index (χ0v) is 12.9. The van der Waals surface area contributed by atoms with Crippen molar-refractivity contribution in [3.63, 3.8) is 0 Å². The first-order valence-corrected chi connectivity index (χ1v) is 7.52. The van der Waals surface area contributed by atoms with Crippen LogP contribution in [0.1, 0.15) is 20.7 Å². The van der Waals surface area contributed by atoms with Gasteiger partial charge in [0, 0.05) is 33.9 Å². The number of benzene rings is 3. The number of hydrogen-bond acceptors (Lipinski definition) is 4. The lowest BCUT2D eigenvalue weighted by atomic mass is 10.1. The molecule has 0 saturated heterocycles. The molecule has 0 aromatic heterocycles. The second kappa shape index (κ2) is 7.24. The van der Waals surface area contributed by atoms with Gasteiger partial charge in [-0.15, -0.1) is 0 Å². The number of aldehydes is 2. The molecular formula is C20H16N2O2. The average Bonchev–Trinajstić information content (AvgIpc) is 2.64. The van der Waals surface area contributed by atoms with Gasteiger partial charge >= 0.3 is 0 Å². The quantitative estimate of drug-likeness (QED) is 0.641. The summed E-state index contributed by atoms with van der Waals surface area (Å²) in [6.07, 6.45) is 1.55. The summed E-state index contributed by atoms with van der Waals surface area (Å²) in [5, 5.41) is 6.34. The van der Waals surface area contributed by atoms with Crippen molar-refractivity contribution in [3.05, 3.63) is 83.9 Å². The van der Waals surface area contributed by atoms with Gasteiger partial charge in [-0.25, -0.2) is 0 Å². The summed E-state index contributed by atoms with van der Waals surface area (Å²) in [4.78, 5) is 22.9. The largest absolute Gasteiger partial charge is 0.355 e. The molecule has 0 amide bonds. The number of para-hydroxylation sites is 2. The Morgan fingerprint density at radius 2 is 0.958 bits per heavy atom. The van der Waals surface area contributed by atoms with E-state index in [2.05, 4.69) is 10.6 Å². The third-order valence-electron chi connectivity index (χ3n) is 3.58. The smallest absolute Gasteiger partial charge is 0.152 e. The van der Waals surface area contributed by atoms with Crippen LogP contribution in [0.2, 0.25) is 0 Å². The number of carbonyl (C=O) groups is 2. The van der Waals surface area contributed by atoms with Crippen LogP contribution in [0.3, 0.4) is 0 Å². The minimum Gasteiger partial charge on any atom is -0.355 e. The molecule has 2 N–H and O–H groups in total. The highest BCUT2D eigenvalue weighted by atomic mass is 16.1. The van der Waals surface area contributed by atoms with Crippen LogP contribution < -0.4 is 10.6 Å². The SMILES string of the molecule is O=Cc1cc(Nc2ccccc2)c(C=O)cc1Nc1ccccc1. The second-order valence-corrected chi connectivity index (χ2v) is 5.24. The Labute approximate surface area is 140 Å². The maximum absolute atomic E-state index is 11.5. The van der Waals surface area contributed by atoms with E-state index in [4.69, 9.17) is 0 Å². The summed E-state index contributed by atoms with van der Waals surface area (Å²) in [5.41, 5.74) is 3.84. The van der Waals surface area contributed by atoms with Crippen molar-refractivity contribution >= 4 is 35.3 Å². The Hall–Kier alpha value is -3.40. The van der Waals surface area contributed by atoms with E-state index in [0.29, 0.717) is 22.5 Å². The average molecular weight is 316 g/mol. The second-order valence-electron chi connectivity index (χ2n) is 5.24. The van der Waals surface area contributed by atoms with Crippen LogP contribution in [0.4, 0.5) is 22.7 Å². The summed E-state index contributed by atoms with van der Waals surface area (Å²) in [6, 6.07) is 22.3. The zero-order chi connectivity index (χ0) is 16.8. The molecule has 3 aromatic carbocycles. The van der Waals surface area contributed by atoms with E-state index >= 15 is 0 Å². The predicted molar refractivity (Wildman–Crippen MR) is 96.7 cm³/mol. The van der Waals surface area contributed by atoms with Crippen LogP contribution in [0.5, 0.6) is 0 Å². The Kier molecular flexibility index (Phi) is 4.68. The van der Waals surface area contributed by atoms with Crippen molar-refractivity contribution in [1.29, 1.82) is 0 Å². The molecule has 0 heterocycles. The van der Waals surface area contributed by atoms with E-state index in [9.17, 15) is 9.59 Å². The molecule has 0 spiro atoms. The van der Waals surface area contributed by atoms with Crippen molar-refractivity contribution in [2.75, 3.05) is 10.6 Å². The molecular weight excluding hydrogens is 300 g/mol. The molecule has 24 heavy (non-hydrogen) atoms. The van der Waals surface area contributed by atoms with Gasteiger partial charge in [0.1, 0.15) is 0 Å². The molecule has 0 bridgehead atoms. The summed E-state index contributed by atoms with van der Waals surface area (Å²) < 4.78 is 0. The number of carbonyl (C=O) groups excluding carboxylic acids is 2. The fraction of sp³-hybridized carbons (Fsp3) is 0. The summed E-state index contributed by atoms with van der Waals surface area (Å²) in [6.45, 7) is 0. The van der Waals surface area contributed by atoms with Crippen LogP contribution in [0, 0.1) is 0 Å². The molecule has 3 rings (SSSR count). The van der Waals surface area contributed by atoms with Gasteiger partial charge in [-0.2, -0.15) is 0 Å². The van der Waals surface area contributed by atoms with Crippen LogP contribution >= 0.6 is 0 Å². The van der Waals surface area contributed by atoms with Crippen molar-refractivity contribution in [1.82, 2.24) is 0 Å². The molecule has 0 atom stereocenters. The van der Waals surface area contributed by atoms with E-state index in [1.165, 1.54) is 0 Å². The van der Waals surface area contributed by atoms with E-state index in [1.54, 1.807) is 12.1 Å². The van der Waals surface area contributed by atoms with E-state index in [0.717, 1.165) is 23.9 Å². The van der Waals surface area contributed by atoms with E-state index in [1.807, 2.05) is 60.7 Å². The lowest BCUT2D eigenvalue weighted by Gasteiger charge is -2.14. The van der Waals surface area contributed by atoms with Crippen LogP contribution in [-0.2, 0) is 0 Å². The molecule has 0 aliphatic rings. The minimum atomic E-state index is 0.475. The van der Waals surface area contributed by atoms with Gasteiger partial charge in [0.15, 0.2) is 12.6 Å². The van der Waals surface area contributed by atoms with Crippen molar-refractivity contribution in [2.24, 2.45) is 0 Å². The normalized spacial score (nSPS) is 10.0. The molecule has 0 saturated carbocycles. The first-order chi connectivity index (χ1) is 11.8. The maximum atomic E-state index is 11.5. The van der Waals surface area contributed by atoms with Gasteiger partial charge in [-0.05, 0) is 36.4 Å². The number of hydrogen-bond donors (Lipinski definition) is 2. The minimum absolute atomic E-state index is 0.475. The van der Waals surface area contributed by atoms with Gasteiger partial charge < -0.3 is 10.6 Å². The highest BCUT2D eigenvalue weighted by Gasteiger charge is 2.10. The first kappa shape index (κ1) is 15.5. The van der Waals surface area contributed by atoms with Gasteiger partial charge in [-0.1, -0.05) is 36.4 Å². The lowest BCUT2D eigenvalue weighted by Crippen LogP contribution is -2.01. The van der Waals surface area contributed by atoms with Crippen molar-refractivity contribution in [2.45, 2.75) is 0 Å². The zero-order valence-electron chi connectivity index (χ0n) is 12.9. The Balaban J connectivity index is 1.97. The molecule has 0 radical (unpaired) electrons. The highest BCUT2D eigenvalue weighted by Crippen LogP contribution is 2.28. The summed E-state index contributed by atoms with van der Waals surface area (Å²) in [5.74, 6) is 0. The molecule has 3 aromatic rings. The molecule has 0 unspecified atom stereocenters. The molecule has 0 aliphatic heterocycles. The monoisotopic (exact) mass is 316 g/mol. The molecule has 0 aliphatic carbocycles. The van der Waals surface area contributed by atoms with Crippen LogP contribution in [-0.4, -0.2) is 12.6 Å². The van der Waals surface area contributed by atoms with E-state index in [-0.39, 0.29) is 0 Å². The fourth-order valence-electron chi connectivity index (χ4n) is 2.40. The number of rotatable bonds is 6. The first-order valence-electron chi connectivity index (χ1n) is 7.52. The predicted octanol–water partition coefficient (Wildman–Crippen LogP) is 4.80. The van der Waals surface area contributed by atoms with Crippen molar-refractivity contribution < 1.29 is 9.59 Å². The highest BCUT2D eigenvalue weighted by molar-refractivity contribution is 5.95. The molecule has 4 nitrogen and oxygen atoms in total. The lowest BCUT2D eigenvalue weighted by molar-refractivity contribution is 0.111. The van der Waals surface area contributed by atoms with Crippen LogP contribution in [0.25, 0.3) is 0 Å². The molecule has 118 valence electrons. The molecule has 0 fully saturated rings. The van der Waals surface area contributed by atoms with Gasteiger partial charge in [-0.3, -0.25) is 9.59 Å². The third kappa shape index (κ3) is 3.50. The van der Waals surface area contributed by atoms with Gasteiger partial charge in [0.2, 0.25) is 0 Å². The Morgan fingerprint density at radius 3 is 1.29 bits per heavy atom. The number of anilines is 4. The van der Waals surface area contributed by atoms with Crippen LogP contribution in [0.15, 0.2) is 72.8 Å². The van der Waals surface area contributed by atoms with Gasteiger partial charge in [0.25, 0.3) is 0 Å². The topological polar surface area (TPSA) is 58.2 Å². The Morgan fingerprint density at radius 1 is 0.583 bits per heavy atom. The van der Waals surface area contributed by atoms with E-state index < -0.39 is 0 Å². The maximum Gasteiger partial charge on any atom is 0.152 e. The standard InChI is InChI=1S/C20H16N2O2/c23-13-15-12-20(22-18-9-5-2-6-10-18)16(14-24)11-19(15)21-17-7-3-1-4-8-17/h1-14,21-22H. The summed E-state index contributed by atoms with van der Waals surface area (Å²) in [7, 11) is 0. The Bertz CT molecular complexity index is 773.